The number of alkyl halides is 3. The zero-order valence-corrected chi connectivity index (χ0v) is 11.7. The number of halogens is 3. The van der Waals surface area contributed by atoms with Crippen LogP contribution in [0.1, 0.15) is 11.1 Å². The van der Waals surface area contributed by atoms with Crippen molar-refractivity contribution in [3.8, 4) is 0 Å². The SMILES string of the molecule is Cc1cccc(CNc2ccc(SC(F)(F)F)cc2)c1. The van der Waals surface area contributed by atoms with E-state index in [4.69, 9.17) is 0 Å². The summed E-state index contributed by atoms with van der Waals surface area (Å²) < 4.78 is 36.6. The van der Waals surface area contributed by atoms with Gasteiger partial charge in [0.15, 0.2) is 0 Å². The molecule has 1 nitrogen and oxygen atoms in total. The van der Waals surface area contributed by atoms with Crippen molar-refractivity contribution in [1.29, 1.82) is 0 Å². The number of anilines is 1. The van der Waals surface area contributed by atoms with Crippen molar-refractivity contribution in [2.75, 3.05) is 5.32 Å². The van der Waals surface area contributed by atoms with Crippen LogP contribution in [0.3, 0.4) is 0 Å². The molecule has 0 aliphatic heterocycles. The topological polar surface area (TPSA) is 12.0 Å². The molecule has 0 heterocycles. The van der Waals surface area contributed by atoms with E-state index in [0.717, 1.165) is 11.3 Å². The second kappa shape index (κ2) is 6.22. The Hall–Kier alpha value is -1.62. The molecular weight excluding hydrogens is 283 g/mol. The normalized spacial score (nSPS) is 11.4. The number of benzene rings is 2. The van der Waals surface area contributed by atoms with Crippen molar-refractivity contribution in [2.45, 2.75) is 23.9 Å². The van der Waals surface area contributed by atoms with E-state index in [0.29, 0.717) is 6.54 Å². The lowest BCUT2D eigenvalue weighted by Gasteiger charge is -2.09. The highest BCUT2D eigenvalue weighted by molar-refractivity contribution is 8.00. The van der Waals surface area contributed by atoms with E-state index in [2.05, 4.69) is 11.4 Å². The molecule has 0 bridgehead atoms. The Bertz CT molecular complexity index is 564. The summed E-state index contributed by atoms with van der Waals surface area (Å²) in [6, 6.07) is 14.3. The molecule has 106 valence electrons. The van der Waals surface area contributed by atoms with E-state index in [1.54, 1.807) is 12.1 Å². The van der Waals surface area contributed by atoms with Crippen LogP contribution in [0.5, 0.6) is 0 Å². The Morgan fingerprint density at radius 1 is 1.05 bits per heavy atom. The van der Waals surface area contributed by atoms with Crippen LogP contribution in [0, 0.1) is 6.92 Å². The van der Waals surface area contributed by atoms with Crippen LogP contribution in [0.15, 0.2) is 53.4 Å². The van der Waals surface area contributed by atoms with Crippen LogP contribution in [0.4, 0.5) is 18.9 Å². The van der Waals surface area contributed by atoms with Gasteiger partial charge >= 0.3 is 5.51 Å². The Labute approximate surface area is 120 Å². The number of hydrogen-bond donors (Lipinski definition) is 1. The van der Waals surface area contributed by atoms with E-state index >= 15 is 0 Å². The van der Waals surface area contributed by atoms with E-state index in [9.17, 15) is 13.2 Å². The lowest BCUT2D eigenvalue weighted by Crippen LogP contribution is -2.00. The van der Waals surface area contributed by atoms with Gasteiger partial charge in [-0.25, -0.2) is 0 Å². The highest BCUT2D eigenvalue weighted by Crippen LogP contribution is 2.37. The van der Waals surface area contributed by atoms with Crippen LogP contribution in [-0.4, -0.2) is 5.51 Å². The van der Waals surface area contributed by atoms with Gasteiger partial charge in [0.2, 0.25) is 0 Å². The summed E-state index contributed by atoms with van der Waals surface area (Å²) in [6.45, 7) is 2.67. The van der Waals surface area contributed by atoms with Gasteiger partial charge in [-0.1, -0.05) is 29.8 Å². The van der Waals surface area contributed by atoms with Crippen molar-refractivity contribution in [1.82, 2.24) is 0 Å². The fraction of sp³-hybridized carbons (Fsp3) is 0.200. The maximum Gasteiger partial charge on any atom is 0.446 e. The molecule has 2 aromatic rings. The Morgan fingerprint density at radius 2 is 1.75 bits per heavy atom. The molecule has 0 aromatic heterocycles. The van der Waals surface area contributed by atoms with Gasteiger partial charge in [-0.15, -0.1) is 0 Å². The smallest absolute Gasteiger partial charge is 0.381 e. The average molecular weight is 297 g/mol. The molecule has 0 aliphatic rings. The number of nitrogens with one attached hydrogen (secondary N) is 1. The molecular formula is C15H14F3NS. The molecule has 0 saturated heterocycles. The standard InChI is InChI=1S/C15H14F3NS/c1-11-3-2-4-12(9-11)10-19-13-5-7-14(8-6-13)20-15(16,17)18/h2-9,19H,10H2,1H3. The van der Waals surface area contributed by atoms with Crippen molar-refractivity contribution in [2.24, 2.45) is 0 Å². The number of thioether (sulfide) groups is 1. The molecule has 0 saturated carbocycles. The number of aryl methyl sites for hydroxylation is 1. The highest BCUT2D eigenvalue weighted by atomic mass is 32.2. The molecule has 0 unspecified atom stereocenters. The highest BCUT2D eigenvalue weighted by Gasteiger charge is 2.28. The van der Waals surface area contributed by atoms with E-state index in [1.807, 2.05) is 25.1 Å². The monoisotopic (exact) mass is 297 g/mol. The summed E-state index contributed by atoms with van der Waals surface area (Å²) >= 11 is -0.102. The van der Waals surface area contributed by atoms with E-state index in [-0.39, 0.29) is 16.7 Å². The molecule has 0 spiro atoms. The fourth-order valence-corrected chi connectivity index (χ4v) is 2.34. The minimum Gasteiger partial charge on any atom is -0.381 e. The molecule has 20 heavy (non-hydrogen) atoms. The summed E-state index contributed by atoms with van der Waals surface area (Å²) in [5.74, 6) is 0. The Balaban J connectivity index is 1.94. The predicted molar refractivity (Wildman–Crippen MR) is 76.9 cm³/mol. The van der Waals surface area contributed by atoms with Gasteiger partial charge in [0.25, 0.3) is 0 Å². The van der Waals surface area contributed by atoms with Crippen molar-refractivity contribution in [3.05, 3.63) is 59.7 Å². The minimum absolute atomic E-state index is 0.102. The van der Waals surface area contributed by atoms with Gasteiger partial charge in [-0.05, 0) is 48.5 Å². The second-order valence-electron chi connectivity index (χ2n) is 4.41. The third-order valence-corrected chi connectivity index (χ3v) is 3.41. The predicted octanol–water partition coefficient (Wildman–Crippen LogP) is 5.22. The average Bonchev–Trinajstić information content (AvgIpc) is 2.36. The molecule has 0 fully saturated rings. The first-order valence-corrected chi connectivity index (χ1v) is 6.89. The van der Waals surface area contributed by atoms with Crippen molar-refractivity contribution >= 4 is 17.4 Å². The molecule has 5 heteroatoms. The summed E-state index contributed by atoms with van der Waals surface area (Å²) in [5, 5.41) is 3.19. The molecule has 0 atom stereocenters. The van der Waals surface area contributed by atoms with Gasteiger partial charge in [-0.2, -0.15) is 13.2 Å². The van der Waals surface area contributed by atoms with Crippen LogP contribution in [-0.2, 0) is 6.54 Å². The zero-order chi connectivity index (χ0) is 14.6. The van der Waals surface area contributed by atoms with Crippen LogP contribution in [0.2, 0.25) is 0 Å². The minimum atomic E-state index is -4.24. The van der Waals surface area contributed by atoms with Crippen molar-refractivity contribution < 1.29 is 13.2 Å². The molecule has 0 amide bonds. The summed E-state index contributed by atoms with van der Waals surface area (Å²) in [5.41, 5.74) is -1.12. The number of rotatable bonds is 4. The first-order chi connectivity index (χ1) is 9.42. The van der Waals surface area contributed by atoms with Crippen molar-refractivity contribution in [3.63, 3.8) is 0 Å². The third kappa shape index (κ3) is 4.81. The van der Waals surface area contributed by atoms with E-state index < -0.39 is 5.51 Å². The van der Waals surface area contributed by atoms with Crippen LogP contribution >= 0.6 is 11.8 Å². The lowest BCUT2D eigenvalue weighted by molar-refractivity contribution is -0.0328. The Morgan fingerprint density at radius 3 is 2.35 bits per heavy atom. The molecule has 0 aliphatic carbocycles. The van der Waals surface area contributed by atoms with Gasteiger partial charge in [0.1, 0.15) is 0 Å². The van der Waals surface area contributed by atoms with Gasteiger partial charge in [0, 0.05) is 17.1 Å². The van der Waals surface area contributed by atoms with Gasteiger partial charge in [0.05, 0.1) is 0 Å². The lowest BCUT2D eigenvalue weighted by atomic mass is 10.1. The summed E-state index contributed by atoms with van der Waals surface area (Å²) in [7, 11) is 0. The maximum atomic E-state index is 12.2. The zero-order valence-electron chi connectivity index (χ0n) is 10.9. The Kier molecular flexibility index (Phi) is 4.60. The molecule has 0 radical (unpaired) electrons. The first-order valence-electron chi connectivity index (χ1n) is 6.08. The first kappa shape index (κ1) is 14.8. The molecule has 2 aromatic carbocycles. The molecule has 2 rings (SSSR count). The fourth-order valence-electron chi connectivity index (χ4n) is 1.80. The third-order valence-electron chi connectivity index (χ3n) is 2.67. The van der Waals surface area contributed by atoms with Crippen LogP contribution in [0.25, 0.3) is 0 Å². The maximum absolute atomic E-state index is 12.2. The largest absolute Gasteiger partial charge is 0.446 e. The summed E-state index contributed by atoms with van der Waals surface area (Å²) in [6.07, 6.45) is 0. The molecule has 1 N–H and O–H groups in total. The van der Waals surface area contributed by atoms with E-state index in [1.165, 1.54) is 17.7 Å². The van der Waals surface area contributed by atoms with Crippen LogP contribution < -0.4 is 5.32 Å². The quantitative estimate of drug-likeness (QED) is 0.777. The second-order valence-corrected chi connectivity index (χ2v) is 5.55. The van der Waals surface area contributed by atoms with Gasteiger partial charge < -0.3 is 5.32 Å². The number of hydrogen-bond acceptors (Lipinski definition) is 2. The van der Waals surface area contributed by atoms with Gasteiger partial charge in [-0.3, -0.25) is 0 Å². The summed E-state index contributed by atoms with van der Waals surface area (Å²) in [4.78, 5) is 0.193.